The minimum Gasteiger partial charge on any atom is -0.508 e. The Kier molecular flexibility index (Phi) is 25.7. The standard InChI is InChI=1S/C83H96Cl2N10O24S/c1-33(2)17-50(87-5)75(106)93-66-68(101)38-8-15-54(48(84)24-38)115-56-26-42-27-57(72(56)119-82-73(71(104)70(103)58(32-96)117-82)118-60-31-83(4,86)74(105)34(3)114-60)116-55-16-9-39(25-49(55)85)69(102)67-81(112)92-65(79(110)89-62-40-19-35-18-36(21-40)22-41(62)20-35)47-28-43(97)29-53(99)61(47)46-23-37(7-14-52(46)98)63(77(108)94-67)91-78(109)64(42)90-76(107)51(88-80(66)111)30-59(100)95-120-45-12-10-44(113-6)11-13-45/h7-16,23-29,33-36,40-41,50-51,58,60,62-71,73-74,82,87,96-99,101-105H,17-22,30-32,86H2,1-6H3,(H,88,111)(H,89,110)(H,90,107)(H,91,109)(H,92,112)(H,93,106)(H,94,108)(H,95,100)/t34-,35?,36?,40?,41?,50-,51-,58+,60-,62?,63-,64+,65-,66+,67+,68+,69-,70-,71-,73-,74+,82-,83-/m0/s1. The van der Waals surface area contributed by atoms with E-state index in [4.69, 9.17) is 62.1 Å². The summed E-state index contributed by atoms with van der Waals surface area (Å²) in [6.45, 7) is 5.75. The van der Waals surface area contributed by atoms with E-state index in [1.807, 2.05) is 13.8 Å². The van der Waals surface area contributed by atoms with Gasteiger partial charge in [-0.3, -0.25) is 43.1 Å². The molecule has 11 aliphatic rings. The second-order valence-corrected chi connectivity index (χ2v) is 34.4. The molecule has 6 aromatic carbocycles. The van der Waals surface area contributed by atoms with Crippen LogP contribution in [0.2, 0.25) is 10.0 Å². The number of aliphatic hydroxyl groups is 6. The minimum atomic E-state index is -2.35. The van der Waals surface area contributed by atoms with Crippen molar-refractivity contribution in [1.82, 2.24) is 47.3 Å². The first-order valence-corrected chi connectivity index (χ1v) is 41.1. The number of likely N-dealkylation sites (N-methyl/N-ethyl adjacent to an activating group) is 1. The molecule has 8 amide bonds. The van der Waals surface area contributed by atoms with Crippen molar-refractivity contribution in [3.8, 4) is 62.9 Å². The summed E-state index contributed by atoms with van der Waals surface area (Å²) in [7, 11) is 2.95. The van der Waals surface area contributed by atoms with Crippen LogP contribution in [-0.2, 0) is 52.6 Å². The number of halogens is 2. The monoisotopic (exact) mass is 1720 g/mol. The van der Waals surface area contributed by atoms with Crippen molar-refractivity contribution < 1.29 is 117 Å². The molecule has 6 aromatic rings. The molecule has 15 bridgehead atoms. The first-order chi connectivity index (χ1) is 57.1. The Morgan fingerprint density at radius 3 is 1.90 bits per heavy atom. The molecule has 0 spiro atoms. The number of hydrogen-bond acceptors (Lipinski definition) is 27. The Morgan fingerprint density at radius 1 is 0.675 bits per heavy atom. The van der Waals surface area contributed by atoms with Crippen molar-refractivity contribution >= 4 is 82.4 Å². The molecule has 2 saturated heterocycles. The predicted octanol–water partition coefficient (Wildman–Crippen LogP) is 4.31. The Morgan fingerprint density at radius 2 is 1.29 bits per heavy atom. The van der Waals surface area contributed by atoms with Gasteiger partial charge in [-0.2, -0.15) is 0 Å². The van der Waals surface area contributed by atoms with E-state index in [-0.39, 0.29) is 86.5 Å². The zero-order valence-electron chi connectivity index (χ0n) is 65.8. The first kappa shape index (κ1) is 86.5. The van der Waals surface area contributed by atoms with Crippen LogP contribution in [0.25, 0.3) is 11.1 Å². The highest BCUT2D eigenvalue weighted by molar-refractivity contribution is 7.98. The maximum absolute atomic E-state index is 16.6. The topological polar surface area (TPSA) is 518 Å². The fourth-order valence-electron chi connectivity index (χ4n) is 17.7. The molecule has 4 aliphatic carbocycles. The molecular weight excluding hydrogens is 1620 g/mol. The van der Waals surface area contributed by atoms with Crippen LogP contribution in [0.1, 0.15) is 137 Å². The van der Waals surface area contributed by atoms with Crippen molar-refractivity contribution in [2.45, 2.75) is 199 Å². The minimum absolute atomic E-state index is 0.0670. The van der Waals surface area contributed by atoms with Crippen molar-refractivity contribution in [2.75, 3.05) is 20.8 Å². The van der Waals surface area contributed by atoms with Crippen molar-refractivity contribution in [3.05, 3.63) is 141 Å². The van der Waals surface area contributed by atoms with Gasteiger partial charge in [-0.25, -0.2) is 0 Å². The number of nitrogens with one attached hydrogen (secondary N) is 9. The van der Waals surface area contributed by atoms with E-state index >= 15 is 28.8 Å². The summed E-state index contributed by atoms with van der Waals surface area (Å²) in [6, 6.07) is 7.01. The molecule has 17 rings (SSSR count). The summed E-state index contributed by atoms with van der Waals surface area (Å²) in [5, 5.41) is 128. The average Bonchev–Trinajstić information content (AvgIpc) is 0.673. The summed E-state index contributed by atoms with van der Waals surface area (Å²) in [5.41, 5.74) is 3.12. The maximum atomic E-state index is 16.6. The van der Waals surface area contributed by atoms with E-state index in [1.54, 1.807) is 24.3 Å². The molecule has 0 unspecified atom stereocenters. The lowest BCUT2D eigenvalue weighted by atomic mass is 9.54. The fraction of sp³-hybridized carbons (Fsp3) is 0.470. The molecule has 7 heterocycles. The van der Waals surface area contributed by atoms with Gasteiger partial charge in [0.1, 0.15) is 101 Å². The van der Waals surface area contributed by atoms with E-state index in [0.717, 1.165) is 86.5 Å². The van der Waals surface area contributed by atoms with Crippen LogP contribution in [-0.4, -0.2) is 199 Å². The van der Waals surface area contributed by atoms with Crippen molar-refractivity contribution in [3.63, 3.8) is 0 Å². The normalized spacial score (nSPS) is 31.1. The number of phenolic OH excluding ortho intramolecular Hbond substituents is 3. The fourth-order valence-corrected chi connectivity index (χ4v) is 18.7. The number of amides is 8. The van der Waals surface area contributed by atoms with Crippen LogP contribution in [0.5, 0.6) is 51.7 Å². The Bertz CT molecular complexity index is 4910. The van der Waals surface area contributed by atoms with Gasteiger partial charge < -0.3 is 127 Å². The van der Waals surface area contributed by atoms with E-state index in [2.05, 4.69) is 47.3 Å². The molecule has 120 heavy (non-hydrogen) atoms. The van der Waals surface area contributed by atoms with Gasteiger partial charge in [-0.1, -0.05) is 55.2 Å². The largest absolute Gasteiger partial charge is 0.508 e. The summed E-state index contributed by atoms with van der Waals surface area (Å²) in [6.07, 6.45) is -14.0. The number of rotatable bonds is 17. The van der Waals surface area contributed by atoms with Crippen molar-refractivity contribution in [1.29, 1.82) is 0 Å². The molecule has 18 atom stereocenters. The van der Waals surface area contributed by atoms with Crippen LogP contribution in [0.15, 0.2) is 108 Å². The molecule has 6 fully saturated rings. The zero-order chi connectivity index (χ0) is 85.8. The maximum Gasteiger partial charge on any atom is 0.248 e. The van der Waals surface area contributed by atoms with Gasteiger partial charge in [0.25, 0.3) is 0 Å². The van der Waals surface area contributed by atoms with Crippen LogP contribution < -0.4 is 71.9 Å². The quantitative estimate of drug-likeness (QED) is 0.0566. The van der Waals surface area contributed by atoms with E-state index in [1.165, 1.54) is 64.4 Å². The summed E-state index contributed by atoms with van der Waals surface area (Å²) < 4.78 is 47.0. The number of fused-ring (bicyclic) bond motifs is 15. The first-order valence-electron chi connectivity index (χ1n) is 39.5. The zero-order valence-corrected chi connectivity index (χ0v) is 68.2. The van der Waals surface area contributed by atoms with Crippen LogP contribution in [0.4, 0.5) is 0 Å². The number of aromatic hydroxyl groups is 3. The van der Waals surface area contributed by atoms with Crippen LogP contribution in [0.3, 0.4) is 0 Å². The highest BCUT2D eigenvalue weighted by atomic mass is 35.5. The number of carbonyl (C=O) groups is 8. The smallest absolute Gasteiger partial charge is 0.248 e. The molecule has 642 valence electrons. The number of hydrogen-bond donors (Lipinski definition) is 19. The number of phenols is 3. The number of aliphatic hydroxyl groups excluding tert-OH is 6. The highest BCUT2D eigenvalue weighted by Crippen LogP contribution is 2.55. The van der Waals surface area contributed by atoms with Gasteiger partial charge in [-0.05, 0) is 208 Å². The molecule has 37 heteroatoms. The number of ether oxygens (including phenoxy) is 7. The van der Waals surface area contributed by atoms with Gasteiger partial charge in [-0.15, -0.1) is 0 Å². The van der Waals surface area contributed by atoms with Gasteiger partial charge in [0, 0.05) is 40.1 Å². The summed E-state index contributed by atoms with van der Waals surface area (Å²) >= 11 is 15.3. The number of nitrogens with two attached hydrogens (primary N) is 1. The lowest BCUT2D eigenvalue weighted by Gasteiger charge is -2.54. The molecular formula is C83H96Cl2N10O24S. The van der Waals surface area contributed by atoms with E-state index in [9.17, 15) is 55.5 Å². The van der Waals surface area contributed by atoms with Crippen LogP contribution in [0, 0.1) is 29.6 Å². The third-order valence-corrected chi connectivity index (χ3v) is 25.1. The molecule has 0 aromatic heterocycles. The summed E-state index contributed by atoms with van der Waals surface area (Å²) in [5.74, 6) is -12.3. The average molecular weight is 1720 g/mol. The second kappa shape index (κ2) is 35.7. The van der Waals surface area contributed by atoms with Gasteiger partial charge in [0.2, 0.25) is 59.3 Å². The van der Waals surface area contributed by atoms with E-state index < -0.39 is 215 Å². The Balaban J connectivity index is 0.967. The highest BCUT2D eigenvalue weighted by Gasteiger charge is 2.53. The van der Waals surface area contributed by atoms with Gasteiger partial charge in [0.15, 0.2) is 23.9 Å². The third kappa shape index (κ3) is 18.2. The predicted molar refractivity (Wildman–Crippen MR) is 428 cm³/mol. The Labute approximate surface area is 702 Å². The lowest BCUT2D eigenvalue weighted by Crippen LogP contribution is -2.64. The number of benzene rings is 6. The van der Waals surface area contributed by atoms with E-state index in [0.29, 0.717) is 22.5 Å². The molecule has 0 radical (unpaired) electrons. The third-order valence-electron chi connectivity index (χ3n) is 23.6. The van der Waals surface area contributed by atoms with Crippen LogP contribution >= 0.6 is 35.1 Å². The number of methoxy groups -OCH3 is 1. The summed E-state index contributed by atoms with van der Waals surface area (Å²) in [4.78, 5) is 125. The second-order valence-electron chi connectivity index (χ2n) is 32.7. The van der Waals surface area contributed by atoms with Crippen molar-refractivity contribution in [2.24, 2.45) is 35.3 Å². The van der Waals surface area contributed by atoms with Gasteiger partial charge >= 0.3 is 0 Å². The molecule has 4 saturated carbocycles. The molecule has 20 N–H and O–H groups in total. The van der Waals surface area contributed by atoms with Gasteiger partial charge in [0.05, 0.1) is 48.4 Å². The lowest BCUT2D eigenvalue weighted by molar-refractivity contribution is -0.333. The number of carbonyl (C=O) groups excluding carboxylic acids is 8. The molecule has 7 aliphatic heterocycles. The molecule has 34 nitrogen and oxygen atoms in total. The Hall–Kier alpha value is -9.83. The SMILES string of the molecule is CN[C@@H](CC(C)C)C(=O)N[C@H]1C(=O)N[C@@H](CC(=O)NSc2ccc(OC)cc2)C(=O)N[C@H]2C(=O)N[C@@H]3C(=O)N[C@@H](C(=O)N[C@H](C(=O)NC4C5CC6CC(C5)CC4C6)c4cc(O)cc(O)c4-c4cc3ccc4O)[C@@H](O)c3ccc(c(Cl)c3)Oc3cc2cc(c3O[C@@H]2O[C@H](CO)[C@H](O)[C@H](O)[C@@H]2O[C@H]2C[C@](C)(N)[C@H](O)[C@H](C)O2)Oc2ccc(cc2Cl)[C@H]1O.